The minimum atomic E-state index is -4.57. The van der Waals surface area contributed by atoms with Crippen molar-refractivity contribution < 1.29 is 27.5 Å². The fourth-order valence-electron chi connectivity index (χ4n) is 3.28. The number of Topliss-reactive ketones (excluding diaryl/α,β-unsaturated/α-hetero) is 1. The van der Waals surface area contributed by atoms with E-state index < -0.39 is 41.2 Å². The van der Waals surface area contributed by atoms with E-state index in [9.17, 15) is 27.6 Å². The van der Waals surface area contributed by atoms with E-state index in [-0.39, 0.29) is 11.4 Å². The molecule has 0 aliphatic rings. The lowest BCUT2D eigenvalue weighted by molar-refractivity contribution is -0.137. The monoisotopic (exact) mass is 472 g/mol. The quantitative estimate of drug-likeness (QED) is 0.353. The van der Waals surface area contributed by atoms with Crippen LogP contribution >= 0.6 is 0 Å². The highest BCUT2D eigenvalue weighted by atomic mass is 19.4. The number of rotatable bonds is 7. The molecule has 0 bridgehead atoms. The summed E-state index contributed by atoms with van der Waals surface area (Å²) < 4.78 is 45.2. The van der Waals surface area contributed by atoms with Gasteiger partial charge in [-0.2, -0.15) is 18.3 Å². The number of aromatic nitrogens is 2. The number of aryl methyl sites for hydroxylation is 1. The molecule has 1 aromatic heterocycles. The largest absolute Gasteiger partial charge is 0.452 e. The Labute approximate surface area is 194 Å². The molecule has 9 heteroatoms. The second kappa shape index (κ2) is 10.0. The van der Waals surface area contributed by atoms with Gasteiger partial charge in [0.1, 0.15) is 0 Å². The lowest BCUT2D eigenvalue weighted by Crippen LogP contribution is -2.25. The van der Waals surface area contributed by atoms with Gasteiger partial charge in [0, 0.05) is 17.3 Å². The number of benzene rings is 2. The van der Waals surface area contributed by atoms with Gasteiger partial charge in [-0.3, -0.25) is 9.59 Å². The summed E-state index contributed by atoms with van der Waals surface area (Å²) >= 11 is 0. The summed E-state index contributed by atoms with van der Waals surface area (Å²) in [6.07, 6.45) is -3.62. The molecule has 6 nitrogen and oxygen atoms in total. The first-order valence-corrected chi connectivity index (χ1v) is 10.6. The second-order valence-electron chi connectivity index (χ2n) is 7.89. The first-order chi connectivity index (χ1) is 16.0. The average molecular weight is 472 g/mol. The van der Waals surface area contributed by atoms with Crippen molar-refractivity contribution in [1.82, 2.24) is 9.78 Å². The van der Waals surface area contributed by atoms with Crippen LogP contribution in [0.25, 0.3) is 5.69 Å². The molecule has 0 saturated carbocycles. The molecule has 3 aromatic rings. The van der Waals surface area contributed by atoms with E-state index in [0.29, 0.717) is 11.5 Å². The molecule has 178 valence electrons. The van der Waals surface area contributed by atoms with E-state index in [0.717, 1.165) is 34.9 Å². The summed E-state index contributed by atoms with van der Waals surface area (Å²) in [5, 5.41) is 3.91. The number of halogens is 3. The van der Waals surface area contributed by atoms with E-state index >= 15 is 0 Å². The van der Waals surface area contributed by atoms with Crippen LogP contribution in [0.4, 0.5) is 13.2 Å². The van der Waals surface area contributed by atoms with E-state index in [1.807, 2.05) is 12.1 Å². The molecule has 1 atom stereocenters. The Morgan fingerprint density at radius 1 is 1.09 bits per heavy atom. The third-order valence-corrected chi connectivity index (χ3v) is 5.47. The van der Waals surface area contributed by atoms with Crippen LogP contribution in [-0.2, 0) is 10.9 Å². The summed E-state index contributed by atoms with van der Waals surface area (Å²) in [5.41, 5.74) is -0.650. The number of hydrogen-bond acceptors (Lipinski definition) is 5. The van der Waals surface area contributed by atoms with Crippen LogP contribution in [0.1, 0.15) is 63.9 Å². The summed E-state index contributed by atoms with van der Waals surface area (Å²) in [5.74, 6) is -1.27. The molecule has 0 spiro atoms. The number of esters is 1. The van der Waals surface area contributed by atoms with E-state index in [1.165, 1.54) is 19.1 Å². The predicted octanol–water partition coefficient (Wildman–Crippen LogP) is 5.11. The van der Waals surface area contributed by atoms with Crippen LogP contribution < -0.4 is 5.43 Å². The van der Waals surface area contributed by atoms with Gasteiger partial charge in [-0.25, -0.2) is 9.48 Å². The molecule has 0 aliphatic carbocycles. The molecule has 0 amide bonds. The van der Waals surface area contributed by atoms with Crippen LogP contribution in [0.5, 0.6) is 0 Å². The number of alkyl halides is 3. The molecule has 3 rings (SSSR count). The molecule has 0 radical (unpaired) electrons. The van der Waals surface area contributed by atoms with Crippen LogP contribution in [0.2, 0.25) is 0 Å². The van der Waals surface area contributed by atoms with Gasteiger partial charge in [-0.05, 0) is 43.0 Å². The number of nitrogens with zero attached hydrogens (tertiary/aromatic N) is 2. The van der Waals surface area contributed by atoms with E-state index in [1.54, 1.807) is 12.1 Å². The summed E-state index contributed by atoms with van der Waals surface area (Å²) in [4.78, 5) is 37.2. The maximum absolute atomic E-state index is 13.1. The van der Waals surface area contributed by atoms with E-state index in [2.05, 4.69) is 18.9 Å². The molecular weight excluding hydrogens is 449 g/mol. The Bertz CT molecular complexity index is 1260. The fraction of sp³-hybridized carbons (Fsp3) is 0.280. The Kier molecular flexibility index (Phi) is 7.34. The van der Waals surface area contributed by atoms with Crippen LogP contribution in [-0.4, -0.2) is 28.1 Å². The highest BCUT2D eigenvalue weighted by Crippen LogP contribution is 2.30. The van der Waals surface area contributed by atoms with Crippen molar-refractivity contribution in [3.05, 3.63) is 92.9 Å². The Balaban J connectivity index is 1.79. The van der Waals surface area contributed by atoms with Gasteiger partial charge >= 0.3 is 12.1 Å². The maximum Gasteiger partial charge on any atom is 0.416 e. The van der Waals surface area contributed by atoms with Crippen LogP contribution in [0, 0.1) is 6.92 Å². The Morgan fingerprint density at radius 3 is 2.38 bits per heavy atom. The van der Waals surface area contributed by atoms with Crippen molar-refractivity contribution in [2.45, 2.75) is 39.3 Å². The minimum absolute atomic E-state index is 0.0128. The Morgan fingerprint density at radius 2 is 1.76 bits per heavy atom. The summed E-state index contributed by atoms with van der Waals surface area (Å²) in [6.45, 7) is 4.99. The van der Waals surface area contributed by atoms with Crippen LogP contribution in [0.3, 0.4) is 0 Å². The summed E-state index contributed by atoms with van der Waals surface area (Å²) in [6, 6.07) is 12.3. The number of carbonyl (C=O) groups excluding carboxylic acids is 2. The SMILES string of the molecule is CCC(C)c1ccc(C(=O)COC(=O)c2nn(-c3cccc(C(F)(F)F)c3)c(C)cc2=O)cc1. The lowest BCUT2D eigenvalue weighted by Gasteiger charge is -2.13. The highest BCUT2D eigenvalue weighted by molar-refractivity contribution is 5.99. The molecule has 0 N–H and O–H groups in total. The Hall–Kier alpha value is -3.75. The van der Waals surface area contributed by atoms with Gasteiger partial charge in [-0.15, -0.1) is 0 Å². The standard InChI is InChI=1S/C25H23F3N2O4/c1-4-15(2)17-8-10-18(11-9-17)22(32)14-34-24(33)23-21(31)12-16(3)30(29-23)20-7-5-6-19(13-20)25(26,27)28/h5-13,15H,4,14H2,1-3H3. The minimum Gasteiger partial charge on any atom is -0.452 e. The van der Waals surface area contributed by atoms with Crippen LogP contribution in [0.15, 0.2) is 59.4 Å². The molecule has 0 saturated heterocycles. The fourth-order valence-corrected chi connectivity index (χ4v) is 3.28. The molecular formula is C25H23F3N2O4. The average Bonchev–Trinajstić information content (AvgIpc) is 2.81. The molecule has 1 unspecified atom stereocenters. The molecule has 2 aromatic carbocycles. The van der Waals surface area contributed by atoms with Gasteiger partial charge in [-0.1, -0.05) is 44.2 Å². The summed E-state index contributed by atoms with van der Waals surface area (Å²) in [7, 11) is 0. The van der Waals surface area contributed by atoms with Crippen molar-refractivity contribution in [3.63, 3.8) is 0 Å². The van der Waals surface area contributed by atoms with Crippen molar-refractivity contribution in [2.24, 2.45) is 0 Å². The maximum atomic E-state index is 13.1. The number of carbonyl (C=O) groups is 2. The van der Waals surface area contributed by atoms with Crippen molar-refractivity contribution in [3.8, 4) is 5.69 Å². The van der Waals surface area contributed by atoms with Gasteiger partial charge in [0.05, 0.1) is 11.3 Å². The normalized spacial score (nSPS) is 12.3. The zero-order valence-corrected chi connectivity index (χ0v) is 18.8. The molecule has 1 heterocycles. The molecule has 0 aliphatic heterocycles. The van der Waals surface area contributed by atoms with Crippen molar-refractivity contribution in [1.29, 1.82) is 0 Å². The molecule has 0 fully saturated rings. The second-order valence-corrected chi connectivity index (χ2v) is 7.89. The van der Waals surface area contributed by atoms with Gasteiger partial charge < -0.3 is 4.74 Å². The van der Waals surface area contributed by atoms with Crippen molar-refractivity contribution >= 4 is 11.8 Å². The van der Waals surface area contributed by atoms with Gasteiger partial charge in [0.15, 0.2) is 12.4 Å². The lowest BCUT2D eigenvalue weighted by atomic mass is 9.97. The number of ether oxygens (including phenoxy) is 1. The molecule has 34 heavy (non-hydrogen) atoms. The zero-order valence-electron chi connectivity index (χ0n) is 18.8. The predicted molar refractivity (Wildman–Crippen MR) is 119 cm³/mol. The smallest absolute Gasteiger partial charge is 0.416 e. The highest BCUT2D eigenvalue weighted by Gasteiger charge is 2.30. The first kappa shape index (κ1) is 24.9. The van der Waals surface area contributed by atoms with Gasteiger partial charge in [0.25, 0.3) is 0 Å². The third kappa shape index (κ3) is 5.59. The number of ketones is 1. The topological polar surface area (TPSA) is 78.3 Å². The van der Waals surface area contributed by atoms with E-state index in [4.69, 9.17) is 4.74 Å². The van der Waals surface area contributed by atoms with Crippen molar-refractivity contribution in [2.75, 3.05) is 6.61 Å². The number of hydrogen-bond donors (Lipinski definition) is 0. The van der Waals surface area contributed by atoms with Gasteiger partial charge in [0.2, 0.25) is 11.1 Å². The first-order valence-electron chi connectivity index (χ1n) is 10.6. The zero-order chi connectivity index (χ0) is 25.0. The third-order valence-electron chi connectivity index (χ3n) is 5.47.